The van der Waals surface area contributed by atoms with Crippen LogP contribution >= 0.6 is 0 Å². The summed E-state index contributed by atoms with van der Waals surface area (Å²) in [4.78, 5) is 1.93. The molecule has 1 N–H and O–H groups in total. The Labute approximate surface area is 55.3 Å². The summed E-state index contributed by atoms with van der Waals surface area (Å²) in [6.45, 7) is 1.02. The fourth-order valence-electron chi connectivity index (χ4n) is 0.200. The van der Waals surface area contributed by atoms with Crippen molar-refractivity contribution < 1.29 is 5.11 Å². The van der Waals surface area contributed by atoms with E-state index in [1.807, 2.05) is 19.0 Å². The fourth-order valence-corrected chi connectivity index (χ4v) is 0.200. The Kier molecular flexibility index (Phi) is 9.62. The molecule has 0 aromatic carbocycles. The van der Waals surface area contributed by atoms with Crippen molar-refractivity contribution in [1.82, 2.24) is 4.90 Å². The average molecular weight is 119 g/mol. The number of hydrogen-bond acceptors (Lipinski definition) is 2. The summed E-state index contributed by atoms with van der Waals surface area (Å²) in [6.07, 6.45) is 0. The number of likely N-dealkylation sites (N-methyl/N-ethyl adjacent to an activating group) is 1. The third kappa shape index (κ3) is 10.7. The van der Waals surface area contributed by atoms with E-state index in [-0.39, 0.29) is 24.0 Å². The minimum absolute atomic E-state index is 0. The van der Waals surface area contributed by atoms with Gasteiger partial charge in [-0.2, -0.15) is 0 Å². The van der Waals surface area contributed by atoms with Crippen LogP contribution in [0.25, 0.3) is 0 Å². The van der Waals surface area contributed by atoms with Crippen LogP contribution in [0.1, 0.15) is 0 Å². The SMILES string of the molecule is CN(C)CCO.[AlH3]. The van der Waals surface area contributed by atoms with Crippen molar-refractivity contribution in [3.63, 3.8) is 0 Å². The van der Waals surface area contributed by atoms with E-state index >= 15 is 0 Å². The molecule has 0 spiro atoms. The van der Waals surface area contributed by atoms with Crippen LogP contribution in [-0.4, -0.2) is 54.6 Å². The van der Waals surface area contributed by atoms with Gasteiger partial charge in [-0.3, -0.25) is 0 Å². The molecule has 0 heterocycles. The first kappa shape index (κ1) is 10.4. The van der Waals surface area contributed by atoms with Crippen LogP contribution in [0.15, 0.2) is 0 Å². The van der Waals surface area contributed by atoms with Crippen molar-refractivity contribution in [2.45, 2.75) is 0 Å². The molecule has 3 heteroatoms. The summed E-state index contributed by atoms with van der Waals surface area (Å²) in [6, 6.07) is 0. The van der Waals surface area contributed by atoms with Crippen LogP contribution in [-0.2, 0) is 0 Å². The van der Waals surface area contributed by atoms with Crippen LogP contribution in [0.3, 0.4) is 0 Å². The monoisotopic (exact) mass is 119 g/mol. The first-order valence-corrected chi connectivity index (χ1v) is 2.03. The molecule has 0 fully saturated rings. The number of aliphatic hydroxyl groups excluding tert-OH is 1. The second-order valence-corrected chi connectivity index (χ2v) is 1.53. The van der Waals surface area contributed by atoms with Gasteiger partial charge in [-0.15, -0.1) is 0 Å². The standard InChI is InChI=1S/C4H11NO.Al.3H/c1-5(2)3-4-6;;;;/h6H,3-4H2,1-2H3;;;;. The largest absolute Gasteiger partial charge is 0.395 e. The lowest BCUT2D eigenvalue weighted by molar-refractivity contribution is 0.243. The lowest BCUT2D eigenvalue weighted by Gasteiger charge is -2.03. The number of nitrogens with zero attached hydrogens (tertiary/aromatic N) is 1. The Bertz CT molecular complexity index is 32.9. The predicted octanol–water partition coefficient (Wildman–Crippen LogP) is -1.64. The highest BCUT2D eigenvalue weighted by atomic mass is 27.0. The quantitative estimate of drug-likeness (QED) is 0.440. The molecule has 0 aliphatic carbocycles. The summed E-state index contributed by atoms with van der Waals surface area (Å²) in [5, 5.41) is 8.20. The van der Waals surface area contributed by atoms with Crippen LogP contribution in [0.5, 0.6) is 0 Å². The van der Waals surface area contributed by atoms with Gasteiger partial charge in [-0.1, -0.05) is 0 Å². The zero-order valence-corrected chi connectivity index (χ0v) is 4.31. The van der Waals surface area contributed by atoms with Crippen molar-refractivity contribution in [3.05, 3.63) is 0 Å². The number of rotatable bonds is 2. The van der Waals surface area contributed by atoms with Gasteiger partial charge < -0.3 is 10.0 Å². The molecule has 0 unspecified atom stereocenters. The first-order valence-electron chi connectivity index (χ1n) is 2.03. The molecule has 0 rings (SSSR count). The first-order chi connectivity index (χ1) is 2.77. The topological polar surface area (TPSA) is 23.5 Å². The summed E-state index contributed by atoms with van der Waals surface area (Å²) in [5.74, 6) is 0. The van der Waals surface area contributed by atoms with E-state index in [0.29, 0.717) is 0 Å². The summed E-state index contributed by atoms with van der Waals surface area (Å²) < 4.78 is 0. The van der Waals surface area contributed by atoms with E-state index in [2.05, 4.69) is 0 Å². The molecule has 44 valence electrons. The second kappa shape index (κ2) is 6.45. The molecular weight excluding hydrogens is 105 g/mol. The number of hydrogen-bond donors (Lipinski definition) is 1. The van der Waals surface area contributed by atoms with Gasteiger partial charge in [-0.05, 0) is 14.1 Å². The molecule has 0 saturated carbocycles. The zero-order valence-electron chi connectivity index (χ0n) is 4.31. The Morgan fingerprint density at radius 1 is 1.43 bits per heavy atom. The van der Waals surface area contributed by atoms with E-state index in [9.17, 15) is 0 Å². The maximum absolute atomic E-state index is 8.20. The van der Waals surface area contributed by atoms with Gasteiger partial charge in [0.05, 0.1) is 6.61 Å². The van der Waals surface area contributed by atoms with E-state index < -0.39 is 0 Å². The Morgan fingerprint density at radius 2 is 1.86 bits per heavy atom. The normalized spacial score (nSPS) is 8.57. The van der Waals surface area contributed by atoms with E-state index in [0.717, 1.165) is 6.54 Å². The van der Waals surface area contributed by atoms with E-state index in [1.165, 1.54) is 0 Å². The molecule has 2 nitrogen and oxygen atoms in total. The zero-order chi connectivity index (χ0) is 4.99. The minimum atomic E-state index is 0. The Morgan fingerprint density at radius 3 is 1.86 bits per heavy atom. The highest BCUT2D eigenvalue weighted by Gasteiger charge is 1.80. The third-order valence-electron chi connectivity index (χ3n) is 0.547. The lowest BCUT2D eigenvalue weighted by atomic mass is 10.6. The number of aliphatic hydroxyl groups is 1. The lowest BCUT2D eigenvalue weighted by Crippen LogP contribution is -2.15. The van der Waals surface area contributed by atoms with Crippen molar-refractivity contribution in [1.29, 1.82) is 0 Å². The molecular formula is C4H14AlNO. The Balaban J connectivity index is 0. The fraction of sp³-hybridized carbons (Fsp3) is 1.00. The molecule has 0 aromatic rings. The summed E-state index contributed by atoms with van der Waals surface area (Å²) in [7, 11) is 3.85. The maximum atomic E-state index is 8.20. The molecule has 0 amide bonds. The molecule has 0 bridgehead atoms. The van der Waals surface area contributed by atoms with Crippen LogP contribution in [0.4, 0.5) is 0 Å². The summed E-state index contributed by atoms with van der Waals surface area (Å²) >= 11 is 0. The molecule has 0 aliphatic rings. The van der Waals surface area contributed by atoms with Gasteiger partial charge in [0.15, 0.2) is 17.4 Å². The molecule has 0 aliphatic heterocycles. The van der Waals surface area contributed by atoms with Crippen LogP contribution in [0.2, 0.25) is 0 Å². The van der Waals surface area contributed by atoms with Gasteiger partial charge in [0, 0.05) is 6.54 Å². The molecule has 0 atom stereocenters. The molecule has 7 heavy (non-hydrogen) atoms. The van der Waals surface area contributed by atoms with Gasteiger partial charge in [-0.25, -0.2) is 0 Å². The van der Waals surface area contributed by atoms with Crippen LogP contribution < -0.4 is 0 Å². The average Bonchev–Trinajstić information content (AvgIpc) is 1.35. The van der Waals surface area contributed by atoms with E-state index in [1.54, 1.807) is 0 Å². The molecule has 0 saturated heterocycles. The third-order valence-corrected chi connectivity index (χ3v) is 0.547. The van der Waals surface area contributed by atoms with Crippen molar-refractivity contribution >= 4 is 17.4 Å². The Hall–Kier alpha value is 0.452. The van der Waals surface area contributed by atoms with Gasteiger partial charge in [0.1, 0.15) is 0 Å². The van der Waals surface area contributed by atoms with Crippen molar-refractivity contribution in [3.8, 4) is 0 Å². The maximum Gasteiger partial charge on any atom is 0.187 e. The summed E-state index contributed by atoms with van der Waals surface area (Å²) in [5.41, 5.74) is 0. The molecule has 0 aromatic heterocycles. The minimum Gasteiger partial charge on any atom is -0.395 e. The predicted molar refractivity (Wildman–Crippen MR) is 35.6 cm³/mol. The van der Waals surface area contributed by atoms with Gasteiger partial charge in [0.25, 0.3) is 0 Å². The van der Waals surface area contributed by atoms with E-state index in [4.69, 9.17) is 5.11 Å². The second-order valence-electron chi connectivity index (χ2n) is 1.53. The molecule has 0 radical (unpaired) electrons. The highest BCUT2D eigenvalue weighted by molar-refractivity contribution is 5.75. The van der Waals surface area contributed by atoms with Crippen molar-refractivity contribution in [2.24, 2.45) is 0 Å². The van der Waals surface area contributed by atoms with Crippen molar-refractivity contribution in [2.75, 3.05) is 27.2 Å². The van der Waals surface area contributed by atoms with Crippen LogP contribution in [0, 0.1) is 0 Å². The smallest absolute Gasteiger partial charge is 0.187 e. The van der Waals surface area contributed by atoms with Gasteiger partial charge >= 0.3 is 0 Å². The van der Waals surface area contributed by atoms with Gasteiger partial charge in [0.2, 0.25) is 0 Å². The highest BCUT2D eigenvalue weighted by Crippen LogP contribution is 1.66.